The van der Waals surface area contributed by atoms with Gasteiger partial charge in [-0.1, -0.05) is 29.8 Å². The van der Waals surface area contributed by atoms with Crippen LogP contribution in [0.2, 0.25) is 0 Å². The van der Waals surface area contributed by atoms with Crippen molar-refractivity contribution in [1.29, 1.82) is 0 Å². The lowest BCUT2D eigenvalue weighted by Crippen LogP contribution is -2.41. The van der Waals surface area contributed by atoms with Gasteiger partial charge in [-0.25, -0.2) is 4.98 Å². The number of hydrogen-bond acceptors (Lipinski definition) is 4. The monoisotopic (exact) mass is 393 g/mol. The van der Waals surface area contributed by atoms with Crippen molar-refractivity contribution >= 4 is 27.5 Å². The van der Waals surface area contributed by atoms with Crippen molar-refractivity contribution in [1.82, 2.24) is 14.9 Å². The Hall–Kier alpha value is -2.47. The number of nitrogens with one attached hydrogen (secondary N) is 1. The molecule has 3 aromatic rings. The number of aromatic nitrogens is 2. The van der Waals surface area contributed by atoms with Crippen LogP contribution in [0.4, 0.5) is 0 Å². The summed E-state index contributed by atoms with van der Waals surface area (Å²) in [5, 5.41) is 5.77. The van der Waals surface area contributed by atoms with Crippen LogP contribution < -0.4 is 10.9 Å². The second-order valence-corrected chi connectivity index (χ2v) is 9.00. The highest BCUT2D eigenvalue weighted by molar-refractivity contribution is 7.17. The minimum atomic E-state index is -0.147. The van der Waals surface area contributed by atoms with Crippen molar-refractivity contribution in [2.45, 2.75) is 45.2 Å². The van der Waals surface area contributed by atoms with Gasteiger partial charge in [-0.05, 0) is 50.0 Å². The molecule has 5 nitrogen and oxygen atoms in total. The molecule has 28 heavy (non-hydrogen) atoms. The Kier molecular flexibility index (Phi) is 4.31. The number of amides is 1. The van der Waals surface area contributed by atoms with Crippen molar-refractivity contribution in [3.63, 3.8) is 0 Å². The molecule has 0 spiro atoms. The van der Waals surface area contributed by atoms with E-state index in [9.17, 15) is 9.59 Å². The van der Waals surface area contributed by atoms with Gasteiger partial charge < -0.3 is 5.32 Å². The first-order valence-corrected chi connectivity index (χ1v) is 10.8. The van der Waals surface area contributed by atoms with Crippen LogP contribution in [0.25, 0.3) is 21.3 Å². The number of carbonyl (C=O) groups is 1. The Labute approximate surface area is 167 Å². The number of fused-ring (bicyclic) bond motifs is 1. The average Bonchev–Trinajstić information content (AvgIpc) is 3.61. The van der Waals surface area contributed by atoms with Gasteiger partial charge in [0.05, 0.1) is 11.7 Å². The third kappa shape index (κ3) is 3.37. The lowest BCUT2D eigenvalue weighted by Gasteiger charge is -2.18. The number of rotatable bonds is 6. The van der Waals surface area contributed by atoms with Crippen LogP contribution in [0.3, 0.4) is 0 Å². The molecule has 2 saturated carbocycles. The number of benzene rings is 1. The second kappa shape index (κ2) is 6.85. The van der Waals surface area contributed by atoms with Crippen LogP contribution in [-0.4, -0.2) is 21.5 Å². The number of hydrogen-bond donors (Lipinski definition) is 1. The zero-order valence-corrected chi connectivity index (χ0v) is 16.7. The number of carbonyl (C=O) groups excluding carboxylic acids is 1. The van der Waals surface area contributed by atoms with E-state index < -0.39 is 0 Å². The lowest BCUT2D eigenvalue weighted by molar-refractivity contribution is -0.122. The molecule has 0 atom stereocenters. The Balaban J connectivity index is 1.42. The summed E-state index contributed by atoms with van der Waals surface area (Å²) >= 11 is 1.46. The topological polar surface area (TPSA) is 64.0 Å². The van der Waals surface area contributed by atoms with E-state index in [1.807, 2.05) is 36.6 Å². The Morgan fingerprint density at radius 1 is 1.21 bits per heavy atom. The summed E-state index contributed by atoms with van der Waals surface area (Å²) in [4.78, 5) is 30.9. The van der Waals surface area contributed by atoms with Gasteiger partial charge in [0.1, 0.15) is 11.4 Å². The summed E-state index contributed by atoms with van der Waals surface area (Å²) in [5.41, 5.74) is 2.92. The second-order valence-electron chi connectivity index (χ2n) is 8.14. The zero-order chi connectivity index (χ0) is 19.3. The third-order valence-electron chi connectivity index (χ3n) is 5.82. The van der Waals surface area contributed by atoms with Crippen molar-refractivity contribution in [2.75, 3.05) is 0 Å². The highest BCUT2D eigenvalue weighted by Gasteiger charge is 2.42. The summed E-state index contributed by atoms with van der Waals surface area (Å²) in [7, 11) is 0. The SMILES string of the molecule is Cc1ccc(-c2csc3ncn(CC(=O)NC(C4CC4)C4CC4)c(=O)c23)cc1. The molecule has 2 aromatic heterocycles. The van der Waals surface area contributed by atoms with Crippen molar-refractivity contribution in [2.24, 2.45) is 11.8 Å². The van der Waals surface area contributed by atoms with Crippen molar-refractivity contribution in [3.05, 3.63) is 51.9 Å². The minimum absolute atomic E-state index is 0.0287. The van der Waals surface area contributed by atoms with Crippen LogP contribution in [0.5, 0.6) is 0 Å². The zero-order valence-electron chi connectivity index (χ0n) is 15.9. The largest absolute Gasteiger partial charge is 0.351 e. The molecule has 1 N–H and O–H groups in total. The van der Waals surface area contributed by atoms with E-state index in [1.54, 1.807) is 0 Å². The molecule has 1 amide bonds. The van der Waals surface area contributed by atoms with Crippen LogP contribution in [0.15, 0.2) is 40.8 Å². The van der Waals surface area contributed by atoms with E-state index in [0.29, 0.717) is 28.1 Å². The summed E-state index contributed by atoms with van der Waals surface area (Å²) in [6, 6.07) is 8.42. The molecule has 144 valence electrons. The molecule has 2 fully saturated rings. The Morgan fingerprint density at radius 3 is 2.54 bits per heavy atom. The highest BCUT2D eigenvalue weighted by Crippen LogP contribution is 2.44. The van der Waals surface area contributed by atoms with E-state index >= 15 is 0 Å². The summed E-state index contributed by atoms with van der Waals surface area (Å²) in [6.45, 7) is 2.07. The van der Waals surface area contributed by atoms with Gasteiger partial charge in [0, 0.05) is 17.0 Å². The van der Waals surface area contributed by atoms with Crippen LogP contribution in [0, 0.1) is 18.8 Å². The van der Waals surface area contributed by atoms with Gasteiger partial charge >= 0.3 is 0 Å². The molecular formula is C22H23N3O2S. The molecule has 1 aromatic carbocycles. The Morgan fingerprint density at radius 2 is 1.89 bits per heavy atom. The molecule has 0 radical (unpaired) electrons. The van der Waals surface area contributed by atoms with E-state index in [-0.39, 0.29) is 18.0 Å². The number of aryl methyl sites for hydroxylation is 1. The fourth-order valence-corrected chi connectivity index (χ4v) is 4.85. The Bertz CT molecular complexity index is 1080. The van der Waals surface area contributed by atoms with E-state index in [2.05, 4.69) is 10.3 Å². The quantitative estimate of drug-likeness (QED) is 0.694. The maximum Gasteiger partial charge on any atom is 0.263 e. The maximum atomic E-state index is 13.1. The fourth-order valence-electron chi connectivity index (χ4n) is 3.94. The normalized spacial score (nSPS) is 16.6. The van der Waals surface area contributed by atoms with Crippen LogP contribution in [0.1, 0.15) is 31.2 Å². The number of nitrogens with zero attached hydrogens (tertiary/aromatic N) is 2. The summed E-state index contributed by atoms with van der Waals surface area (Å²) in [6.07, 6.45) is 6.35. The van der Waals surface area contributed by atoms with Gasteiger partial charge in [0.15, 0.2) is 0 Å². The van der Waals surface area contributed by atoms with Gasteiger partial charge in [-0.3, -0.25) is 14.2 Å². The molecule has 2 aliphatic carbocycles. The lowest BCUT2D eigenvalue weighted by atomic mass is 10.1. The first-order valence-electron chi connectivity index (χ1n) is 9.93. The highest BCUT2D eigenvalue weighted by atomic mass is 32.1. The maximum absolute atomic E-state index is 13.1. The summed E-state index contributed by atoms with van der Waals surface area (Å²) in [5.74, 6) is 1.19. The molecule has 2 heterocycles. The minimum Gasteiger partial charge on any atom is -0.351 e. The van der Waals surface area contributed by atoms with Crippen LogP contribution >= 0.6 is 11.3 Å². The van der Waals surface area contributed by atoms with Crippen LogP contribution in [-0.2, 0) is 11.3 Å². The van der Waals surface area contributed by atoms with E-state index in [1.165, 1.54) is 53.5 Å². The molecule has 6 heteroatoms. The number of thiophene rings is 1. The summed E-state index contributed by atoms with van der Waals surface area (Å²) < 4.78 is 1.44. The van der Waals surface area contributed by atoms with Gasteiger partial charge in [-0.15, -0.1) is 11.3 Å². The molecule has 0 aliphatic heterocycles. The first kappa shape index (κ1) is 17.6. The molecular weight excluding hydrogens is 370 g/mol. The fraction of sp³-hybridized carbons (Fsp3) is 0.409. The smallest absolute Gasteiger partial charge is 0.263 e. The molecule has 0 bridgehead atoms. The standard InChI is InChI=1S/C22H23N3O2S/c1-13-2-4-14(5-3-13)17-11-28-21-19(17)22(27)25(12-23-21)10-18(26)24-20(15-6-7-15)16-8-9-16/h2-5,11-12,15-16,20H,6-10H2,1H3,(H,24,26). The first-order chi connectivity index (χ1) is 13.6. The third-order valence-corrected chi connectivity index (χ3v) is 6.71. The average molecular weight is 394 g/mol. The molecule has 2 aliphatic rings. The predicted molar refractivity (Wildman–Crippen MR) is 111 cm³/mol. The molecule has 0 unspecified atom stereocenters. The van der Waals surface area contributed by atoms with Gasteiger partial charge in [0.2, 0.25) is 5.91 Å². The van der Waals surface area contributed by atoms with E-state index in [0.717, 1.165) is 11.1 Å². The van der Waals surface area contributed by atoms with Gasteiger partial charge in [-0.2, -0.15) is 0 Å². The molecule has 0 saturated heterocycles. The van der Waals surface area contributed by atoms with Gasteiger partial charge in [0.25, 0.3) is 5.56 Å². The predicted octanol–water partition coefficient (Wildman–Crippen LogP) is 3.74. The van der Waals surface area contributed by atoms with Crippen molar-refractivity contribution in [3.8, 4) is 11.1 Å². The molecule has 5 rings (SSSR count). The van der Waals surface area contributed by atoms with E-state index in [4.69, 9.17) is 0 Å². The van der Waals surface area contributed by atoms with Crippen molar-refractivity contribution < 1.29 is 4.79 Å².